The number of ether oxygens (including phenoxy) is 1. The van der Waals surface area contributed by atoms with Crippen molar-refractivity contribution in [2.75, 3.05) is 38.0 Å². The fourth-order valence-electron chi connectivity index (χ4n) is 4.81. The third-order valence-corrected chi connectivity index (χ3v) is 6.82. The van der Waals surface area contributed by atoms with E-state index in [-0.39, 0.29) is 17.4 Å². The number of hydrogen-bond donors (Lipinski definition) is 2. The molecule has 1 saturated carbocycles. The van der Waals surface area contributed by atoms with Crippen molar-refractivity contribution >= 4 is 33.7 Å². The van der Waals surface area contributed by atoms with Crippen LogP contribution in [0, 0.1) is 12.3 Å². The van der Waals surface area contributed by atoms with Gasteiger partial charge < -0.3 is 20.3 Å². The van der Waals surface area contributed by atoms with Gasteiger partial charge in [0.25, 0.3) is 0 Å². The fourth-order valence-corrected chi connectivity index (χ4v) is 5.12. The number of amides is 2. The molecule has 8 nitrogen and oxygen atoms in total. The standard InChI is InChI=1S/C22H32BrN5O3/c1-14-5-6-17(23)25-18(14)26-19(29)15-11-22(13-27-9-7-24-8-10-27)12-16(22)28(15)20(30)31-21(2,3)4/h5-6,15-16,24H,7-13H2,1-4H3,(H,25,26,29)/t15-,16?,22?/m0/s1. The average Bonchev–Trinajstić information content (AvgIpc) is 3.26. The van der Waals surface area contributed by atoms with Gasteiger partial charge in [0.15, 0.2) is 0 Å². The van der Waals surface area contributed by atoms with Gasteiger partial charge in [-0.3, -0.25) is 9.69 Å². The number of fused-ring (bicyclic) bond motifs is 1. The number of aromatic nitrogens is 1. The first kappa shape index (κ1) is 22.5. The van der Waals surface area contributed by atoms with Crippen molar-refractivity contribution in [2.45, 2.75) is 58.2 Å². The van der Waals surface area contributed by atoms with E-state index in [9.17, 15) is 9.59 Å². The van der Waals surface area contributed by atoms with E-state index in [0.717, 1.165) is 44.7 Å². The highest BCUT2D eigenvalue weighted by atomic mass is 79.9. The zero-order chi connectivity index (χ0) is 22.4. The molecule has 1 aliphatic carbocycles. The van der Waals surface area contributed by atoms with Crippen LogP contribution in [-0.2, 0) is 9.53 Å². The van der Waals surface area contributed by atoms with Gasteiger partial charge in [-0.25, -0.2) is 9.78 Å². The van der Waals surface area contributed by atoms with E-state index in [0.29, 0.717) is 16.8 Å². The Hall–Kier alpha value is -1.71. The van der Waals surface area contributed by atoms with Crippen LogP contribution >= 0.6 is 15.9 Å². The molecule has 1 aromatic rings. The van der Waals surface area contributed by atoms with Crippen LogP contribution in [0.4, 0.5) is 10.6 Å². The molecule has 3 aliphatic rings. The lowest BCUT2D eigenvalue weighted by atomic mass is 9.98. The monoisotopic (exact) mass is 493 g/mol. The molecule has 170 valence electrons. The third-order valence-electron chi connectivity index (χ3n) is 6.38. The Morgan fingerprint density at radius 2 is 2.00 bits per heavy atom. The molecular formula is C22H32BrN5O3. The molecule has 0 aromatic carbocycles. The van der Waals surface area contributed by atoms with E-state index in [1.807, 2.05) is 39.8 Å². The van der Waals surface area contributed by atoms with Crippen LogP contribution in [0.2, 0.25) is 0 Å². The zero-order valence-electron chi connectivity index (χ0n) is 18.7. The molecule has 31 heavy (non-hydrogen) atoms. The second-order valence-electron chi connectivity index (χ2n) is 10.0. The van der Waals surface area contributed by atoms with Crippen LogP contribution < -0.4 is 10.6 Å². The predicted molar refractivity (Wildman–Crippen MR) is 122 cm³/mol. The van der Waals surface area contributed by atoms with Crippen molar-refractivity contribution in [1.29, 1.82) is 0 Å². The van der Waals surface area contributed by atoms with Crippen LogP contribution in [0.25, 0.3) is 0 Å². The number of carbonyl (C=O) groups is 2. The summed E-state index contributed by atoms with van der Waals surface area (Å²) in [4.78, 5) is 34.9. The number of carbonyl (C=O) groups excluding carboxylic acids is 2. The molecule has 2 saturated heterocycles. The number of pyridine rings is 1. The van der Waals surface area contributed by atoms with Gasteiger partial charge in [0.05, 0.1) is 0 Å². The Balaban J connectivity index is 1.54. The molecule has 3 fully saturated rings. The molecule has 1 aromatic heterocycles. The van der Waals surface area contributed by atoms with Gasteiger partial charge in [-0.15, -0.1) is 0 Å². The van der Waals surface area contributed by atoms with Gasteiger partial charge in [0.2, 0.25) is 5.91 Å². The Kier molecular flexibility index (Phi) is 6.04. The lowest BCUT2D eigenvalue weighted by molar-refractivity contribution is -0.121. The van der Waals surface area contributed by atoms with Crippen molar-refractivity contribution in [3.05, 3.63) is 22.3 Å². The van der Waals surface area contributed by atoms with Crippen LogP contribution in [-0.4, -0.2) is 77.2 Å². The van der Waals surface area contributed by atoms with Gasteiger partial charge in [-0.05, 0) is 68.1 Å². The van der Waals surface area contributed by atoms with Crippen molar-refractivity contribution in [2.24, 2.45) is 5.41 Å². The molecule has 0 spiro atoms. The summed E-state index contributed by atoms with van der Waals surface area (Å²) in [5.41, 5.74) is 0.230. The highest BCUT2D eigenvalue weighted by molar-refractivity contribution is 9.10. The Morgan fingerprint density at radius 1 is 1.29 bits per heavy atom. The number of nitrogens with one attached hydrogen (secondary N) is 2. The number of piperazine rings is 1. The first-order chi connectivity index (χ1) is 14.6. The van der Waals surface area contributed by atoms with Crippen molar-refractivity contribution < 1.29 is 14.3 Å². The minimum absolute atomic E-state index is 0.0318. The summed E-state index contributed by atoms with van der Waals surface area (Å²) >= 11 is 3.36. The smallest absolute Gasteiger partial charge is 0.411 e. The number of aryl methyl sites for hydroxylation is 1. The zero-order valence-corrected chi connectivity index (χ0v) is 20.3. The van der Waals surface area contributed by atoms with E-state index < -0.39 is 17.7 Å². The maximum Gasteiger partial charge on any atom is 0.411 e. The van der Waals surface area contributed by atoms with Gasteiger partial charge >= 0.3 is 6.09 Å². The minimum Gasteiger partial charge on any atom is -0.444 e. The molecule has 2 N–H and O–H groups in total. The second kappa shape index (κ2) is 8.33. The number of nitrogens with zero attached hydrogens (tertiary/aromatic N) is 3. The summed E-state index contributed by atoms with van der Waals surface area (Å²) in [6.45, 7) is 12.3. The lowest BCUT2D eigenvalue weighted by Crippen LogP contribution is -2.47. The maximum absolute atomic E-state index is 13.3. The minimum atomic E-state index is -0.612. The van der Waals surface area contributed by atoms with E-state index in [1.54, 1.807) is 4.90 Å². The number of halogens is 1. The van der Waals surface area contributed by atoms with Crippen molar-refractivity contribution in [3.63, 3.8) is 0 Å². The summed E-state index contributed by atoms with van der Waals surface area (Å²) in [7, 11) is 0. The van der Waals surface area contributed by atoms with Crippen LogP contribution in [0.15, 0.2) is 16.7 Å². The van der Waals surface area contributed by atoms with Gasteiger partial charge in [-0.1, -0.05) is 6.07 Å². The Labute approximate surface area is 192 Å². The topological polar surface area (TPSA) is 86.8 Å². The molecule has 3 heterocycles. The van der Waals surface area contributed by atoms with Gasteiger partial charge in [0.1, 0.15) is 22.1 Å². The van der Waals surface area contributed by atoms with Crippen LogP contribution in [0.1, 0.15) is 39.2 Å². The summed E-state index contributed by atoms with van der Waals surface area (Å²) in [6.07, 6.45) is 1.17. The first-order valence-corrected chi connectivity index (χ1v) is 11.8. The number of rotatable bonds is 4. The molecule has 2 aliphatic heterocycles. The number of anilines is 1. The molecule has 4 rings (SSSR count). The molecule has 3 atom stereocenters. The highest BCUT2D eigenvalue weighted by Crippen LogP contribution is 2.60. The van der Waals surface area contributed by atoms with Gasteiger partial charge in [-0.2, -0.15) is 0 Å². The maximum atomic E-state index is 13.3. The van der Waals surface area contributed by atoms with Crippen molar-refractivity contribution in [1.82, 2.24) is 20.1 Å². The summed E-state index contributed by atoms with van der Waals surface area (Å²) in [5, 5.41) is 6.33. The third kappa shape index (κ3) is 4.88. The summed E-state index contributed by atoms with van der Waals surface area (Å²) in [5.74, 6) is 0.312. The SMILES string of the molecule is Cc1ccc(Br)nc1NC(=O)[C@@H]1CC2(CN3CCNCC3)CC2N1C(=O)OC(C)(C)C. The molecule has 2 amide bonds. The van der Waals surface area contributed by atoms with E-state index in [2.05, 4.69) is 36.4 Å². The second-order valence-corrected chi connectivity index (χ2v) is 10.8. The quantitative estimate of drug-likeness (QED) is 0.627. The molecule has 2 unspecified atom stereocenters. The van der Waals surface area contributed by atoms with E-state index in [1.165, 1.54) is 0 Å². The van der Waals surface area contributed by atoms with Crippen LogP contribution in [0.5, 0.6) is 0 Å². The Bertz CT molecular complexity index is 867. The molecule has 0 bridgehead atoms. The van der Waals surface area contributed by atoms with Gasteiger partial charge in [0, 0.05) is 44.2 Å². The lowest BCUT2D eigenvalue weighted by Gasteiger charge is -2.30. The summed E-state index contributed by atoms with van der Waals surface area (Å²) in [6, 6.07) is 3.22. The normalized spacial score (nSPS) is 28.2. The molecule has 0 radical (unpaired) electrons. The highest BCUT2D eigenvalue weighted by Gasteiger charge is 2.68. The van der Waals surface area contributed by atoms with E-state index in [4.69, 9.17) is 4.74 Å². The largest absolute Gasteiger partial charge is 0.444 e. The number of hydrogen-bond acceptors (Lipinski definition) is 6. The number of piperidine rings is 1. The Morgan fingerprint density at radius 3 is 2.68 bits per heavy atom. The first-order valence-electron chi connectivity index (χ1n) is 11.0. The van der Waals surface area contributed by atoms with E-state index >= 15 is 0 Å². The number of likely N-dealkylation sites (tertiary alicyclic amines) is 1. The molecule has 9 heteroatoms. The fraction of sp³-hybridized carbons (Fsp3) is 0.682. The predicted octanol–water partition coefficient (Wildman–Crippen LogP) is 2.76. The average molecular weight is 494 g/mol. The summed E-state index contributed by atoms with van der Waals surface area (Å²) < 4.78 is 6.34. The molecular weight excluding hydrogens is 462 g/mol. The van der Waals surface area contributed by atoms with Crippen LogP contribution in [0.3, 0.4) is 0 Å². The van der Waals surface area contributed by atoms with Crippen molar-refractivity contribution in [3.8, 4) is 0 Å².